The maximum Gasteiger partial charge on any atom is 0.252 e. The third kappa shape index (κ3) is 6.76. The van der Waals surface area contributed by atoms with Gasteiger partial charge in [0, 0.05) is 59.3 Å². The molecule has 0 aliphatic carbocycles. The number of H-pyrrole nitrogens is 1. The lowest BCUT2D eigenvalue weighted by molar-refractivity contribution is 0.0846. The zero-order chi connectivity index (χ0) is 23.0. The number of hydrogen-bond donors (Lipinski definition) is 2. The van der Waals surface area contributed by atoms with Crippen molar-refractivity contribution in [3.05, 3.63) is 61.0 Å². The fourth-order valence-electron chi connectivity index (χ4n) is 4.01. The molecule has 2 heterocycles. The van der Waals surface area contributed by atoms with E-state index >= 15 is 0 Å². The summed E-state index contributed by atoms with van der Waals surface area (Å²) in [5.41, 5.74) is 5.78. The van der Waals surface area contributed by atoms with Gasteiger partial charge in [-0.05, 0) is 76.9 Å². The summed E-state index contributed by atoms with van der Waals surface area (Å²) in [6, 6.07) is 6.48. The quantitative estimate of drug-likeness (QED) is 0.589. The SMILES string of the molecule is CCN(c1cc(Br)cc(C=O)c1C)C1CCOCC1.CNCc1c(C)cc(C)[nH]c1=O. The summed E-state index contributed by atoms with van der Waals surface area (Å²) in [5, 5.41) is 2.97. The molecule has 1 saturated heterocycles. The predicted molar refractivity (Wildman–Crippen MR) is 130 cm³/mol. The number of nitrogens with one attached hydrogen (secondary N) is 2. The van der Waals surface area contributed by atoms with E-state index in [1.807, 2.05) is 40.0 Å². The smallest absolute Gasteiger partial charge is 0.252 e. The van der Waals surface area contributed by atoms with Crippen LogP contribution in [0.3, 0.4) is 0 Å². The highest BCUT2D eigenvalue weighted by Crippen LogP contribution is 2.31. The zero-order valence-corrected chi connectivity index (χ0v) is 20.8. The summed E-state index contributed by atoms with van der Waals surface area (Å²) in [6.45, 7) is 11.3. The number of carbonyl (C=O) groups excluding carboxylic acids is 1. The lowest BCUT2D eigenvalue weighted by Gasteiger charge is -2.36. The van der Waals surface area contributed by atoms with Crippen LogP contribution in [0.4, 0.5) is 5.69 Å². The summed E-state index contributed by atoms with van der Waals surface area (Å²) >= 11 is 3.50. The molecular formula is C24H34BrN3O3. The van der Waals surface area contributed by atoms with Crippen LogP contribution in [0.2, 0.25) is 0 Å². The molecule has 0 atom stereocenters. The topological polar surface area (TPSA) is 74.4 Å². The minimum atomic E-state index is 0.0156. The van der Waals surface area contributed by atoms with Gasteiger partial charge in [-0.15, -0.1) is 0 Å². The van der Waals surface area contributed by atoms with Crippen molar-refractivity contribution >= 4 is 27.9 Å². The van der Waals surface area contributed by atoms with E-state index in [9.17, 15) is 9.59 Å². The highest BCUT2D eigenvalue weighted by Gasteiger charge is 2.22. The minimum absolute atomic E-state index is 0.0156. The molecule has 1 aromatic carbocycles. The van der Waals surface area contributed by atoms with Crippen LogP contribution in [0.25, 0.3) is 0 Å². The van der Waals surface area contributed by atoms with E-state index in [0.29, 0.717) is 12.6 Å². The number of nitrogens with zero attached hydrogens (tertiary/aromatic N) is 1. The van der Waals surface area contributed by atoms with Crippen molar-refractivity contribution in [1.29, 1.82) is 0 Å². The normalized spacial score (nSPS) is 14.0. The van der Waals surface area contributed by atoms with Gasteiger partial charge in [0.2, 0.25) is 0 Å². The second-order valence-electron chi connectivity index (χ2n) is 7.86. The van der Waals surface area contributed by atoms with Crippen LogP contribution in [0.5, 0.6) is 0 Å². The van der Waals surface area contributed by atoms with E-state index in [4.69, 9.17) is 4.74 Å². The van der Waals surface area contributed by atoms with Crippen molar-refractivity contribution in [1.82, 2.24) is 10.3 Å². The molecule has 1 fully saturated rings. The van der Waals surface area contributed by atoms with Gasteiger partial charge in [-0.2, -0.15) is 0 Å². The number of carbonyl (C=O) groups is 1. The van der Waals surface area contributed by atoms with Crippen LogP contribution in [0.15, 0.2) is 27.5 Å². The average Bonchev–Trinajstić information content (AvgIpc) is 2.74. The molecule has 1 aliphatic heterocycles. The number of ether oxygens (including phenoxy) is 1. The van der Waals surface area contributed by atoms with Crippen molar-refractivity contribution < 1.29 is 9.53 Å². The van der Waals surface area contributed by atoms with E-state index in [0.717, 1.165) is 77.0 Å². The van der Waals surface area contributed by atoms with Crippen LogP contribution in [-0.2, 0) is 11.3 Å². The van der Waals surface area contributed by atoms with Crippen LogP contribution < -0.4 is 15.8 Å². The fraction of sp³-hybridized carbons (Fsp3) is 0.500. The van der Waals surface area contributed by atoms with Gasteiger partial charge in [0.25, 0.3) is 5.56 Å². The van der Waals surface area contributed by atoms with Crippen molar-refractivity contribution in [3.63, 3.8) is 0 Å². The molecule has 170 valence electrons. The molecule has 1 aromatic heterocycles. The van der Waals surface area contributed by atoms with E-state index in [1.165, 1.54) is 0 Å². The van der Waals surface area contributed by atoms with Gasteiger partial charge in [0.1, 0.15) is 6.29 Å². The summed E-state index contributed by atoms with van der Waals surface area (Å²) in [6.07, 6.45) is 3.04. The number of aromatic amines is 1. The van der Waals surface area contributed by atoms with Crippen molar-refractivity contribution in [3.8, 4) is 0 Å². The largest absolute Gasteiger partial charge is 0.381 e. The van der Waals surface area contributed by atoms with Crippen LogP contribution in [0, 0.1) is 20.8 Å². The van der Waals surface area contributed by atoms with Gasteiger partial charge in [-0.3, -0.25) is 9.59 Å². The molecule has 0 amide bonds. The number of anilines is 1. The molecule has 2 N–H and O–H groups in total. The Kier molecular flexibility index (Phi) is 9.93. The number of pyridine rings is 1. The zero-order valence-electron chi connectivity index (χ0n) is 19.2. The highest BCUT2D eigenvalue weighted by molar-refractivity contribution is 9.10. The molecule has 2 aromatic rings. The molecule has 0 unspecified atom stereocenters. The molecule has 0 spiro atoms. The first kappa shape index (κ1) is 25.3. The third-order valence-electron chi connectivity index (χ3n) is 5.64. The lowest BCUT2D eigenvalue weighted by atomic mass is 10.0. The Morgan fingerprint density at radius 3 is 2.45 bits per heavy atom. The van der Waals surface area contributed by atoms with Gasteiger partial charge < -0.3 is 19.9 Å². The number of aryl methyl sites for hydroxylation is 2. The highest BCUT2D eigenvalue weighted by atomic mass is 79.9. The Hall–Kier alpha value is -1.96. The first-order chi connectivity index (χ1) is 14.8. The molecule has 31 heavy (non-hydrogen) atoms. The molecule has 1 aliphatic rings. The van der Waals surface area contributed by atoms with Gasteiger partial charge in [0.05, 0.1) is 0 Å². The standard InChI is InChI=1S/C15H20BrNO2.C9H14N2O/c1-3-17(14-4-6-19-7-5-14)15-9-13(16)8-12(10-18)11(15)2;1-6-4-7(2)11-9(12)8(6)5-10-3/h8-10,14H,3-7H2,1-2H3;4,10H,5H2,1-3H3,(H,11,12). The van der Waals surface area contributed by atoms with Crippen molar-refractivity contribution in [2.45, 2.75) is 53.1 Å². The molecule has 7 heteroatoms. The number of benzene rings is 1. The predicted octanol–water partition coefficient (Wildman–Crippen LogP) is 4.29. The number of rotatable bonds is 6. The first-order valence-corrected chi connectivity index (χ1v) is 11.5. The van der Waals surface area contributed by atoms with E-state index in [2.05, 4.69) is 44.1 Å². The fourth-order valence-corrected chi connectivity index (χ4v) is 4.47. The Bertz CT molecular complexity index is 936. The second-order valence-corrected chi connectivity index (χ2v) is 8.78. The summed E-state index contributed by atoms with van der Waals surface area (Å²) < 4.78 is 6.40. The minimum Gasteiger partial charge on any atom is -0.381 e. The molecule has 6 nitrogen and oxygen atoms in total. The van der Waals surface area contributed by atoms with Gasteiger partial charge in [-0.25, -0.2) is 0 Å². The maximum absolute atomic E-state index is 11.4. The molecule has 0 radical (unpaired) electrons. The summed E-state index contributed by atoms with van der Waals surface area (Å²) in [5.74, 6) is 0. The number of aldehydes is 1. The lowest BCUT2D eigenvalue weighted by Crippen LogP contribution is -2.39. The molecule has 0 bridgehead atoms. The summed E-state index contributed by atoms with van der Waals surface area (Å²) in [7, 11) is 1.83. The summed E-state index contributed by atoms with van der Waals surface area (Å²) in [4.78, 5) is 27.7. The Morgan fingerprint density at radius 1 is 1.23 bits per heavy atom. The number of hydrogen-bond acceptors (Lipinski definition) is 5. The Balaban J connectivity index is 0.000000245. The van der Waals surface area contributed by atoms with Gasteiger partial charge >= 0.3 is 0 Å². The van der Waals surface area contributed by atoms with Gasteiger partial charge in [-0.1, -0.05) is 15.9 Å². The maximum atomic E-state index is 11.4. The van der Waals surface area contributed by atoms with Gasteiger partial charge in [0.15, 0.2) is 0 Å². The number of aromatic nitrogens is 1. The van der Waals surface area contributed by atoms with Crippen molar-refractivity contribution in [2.24, 2.45) is 0 Å². The average molecular weight is 492 g/mol. The van der Waals surface area contributed by atoms with E-state index < -0.39 is 0 Å². The van der Waals surface area contributed by atoms with E-state index in [1.54, 1.807) is 0 Å². The number of halogens is 1. The second kappa shape index (κ2) is 12.2. The Labute approximate surface area is 193 Å². The molecular weight excluding hydrogens is 458 g/mol. The van der Waals surface area contributed by atoms with Crippen LogP contribution in [-0.4, -0.2) is 44.1 Å². The molecule has 3 rings (SSSR count). The van der Waals surface area contributed by atoms with Crippen LogP contribution >= 0.6 is 15.9 Å². The Morgan fingerprint density at radius 2 is 1.90 bits per heavy atom. The van der Waals surface area contributed by atoms with E-state index in [-0.39, 0.29) is 5.56 Å². The molecule has 0 saturated carbocycles. The van der Waals surface area contributed by atoms with Crippen molar-refractivity contribution in [2.75, 3.05) is 31.7 Å². The monoisotopic (exact) mass is 491 g/mol. The third-order valence-corrected chi connectivity index (χ3v) is 6.10. The van der Waals surface area contributed by atoms with Crippen LogP contribution in [0.1, 0.15) is 52.5 Å². The first-order valence-electron chi connectivity index (χ1n) is 10.8.